The van der Waals surface area contributed by atoms with E-state index in [0.29, 0.717) is 12.8 Å². The summed E-state index contributed by atoms with van der Waals surface area (Å²) in [7, 11) is 0. The molecule has 0 aromatic rings. The van der Waals surface area contributed by atoms with Crippen LogP contribution in [0.15, 0.2) is 12.2 Å². The van der Waals surface area contributed by atoms with Gasteiger partial charge in [-0.1, -0.05) is 167 Å². The van der Waals surface area contributed by atoms with Crippen molar-refractivity contribution in [2.75, 3.05) is 6.61 Å². The molecule has 0 aliphatic heterocycles. The number of esters is 2. The molecule has 0 spiro atoms. The molecule has 0 rings (SSSR count). The maximum Gasteiger partial charge on any atom is 0.306 e. The van der Waals surface area contributed by atoms with E-state index < -0.39 is 0 Å². The van der Waals surface area contributed by atoms with E-state index in [4.69, 9.17) is 9.47 Å². The summed E-state index contributed by atoms with van der Waals surface area (Å²) in [6, 6.07) is 0. The fraction of sp³-hybridized carbons (Fsp3) is 0.897. The number of carbonyl (C=O) groups is 2. The minimum atomic E-state index is -0.374. The minimum Gasteiger partial charge on any atom is -0.462 e. The molecule has 4 heteroatoms. The van der Waals surface area contributed by atoms with Crippen LogP contribution in [0.4, 0.5) is 0 Å². The Labute approximate surface area is 268 Å². The molecule has 0 heterocycles. The highest BCUT2D eigenvalue weighted by molar-refractivity contribution is 5.70. The smallest absolute Gasteiger partial charge is 0.306 e. The fourth-order valence-corrected chi connectivity index (χ4v) is 5.58. The Morgan fingerprint density at radius 2 is 0.791 bits per heavy atom. The summed E-state index contributed by atoms with van der Waals surface area (Å²) in [5.74, 6) is -0.349. The van der Waals surface area contributed by atoms with Crippen molar-refractivity contribution < 1.29 is 19.1 Å². The van der Waals surface area contributed by atoms with Crippen LogP contribution in [0.2, 0.25) is 0 Å². The first-order valence-corrected chi connectivity index (χ1v) is 19.1. The molecule has 43 heavy (non-hydrogen) atoms. The van der Waals surface area contributed by atoms with Crippen LogP contribution in [0.25, 0.3) is 0 Å². The standard InChI is InChI=1S/C39H74O4/c1-4-6-8-10-12-14-16-18-20-22-24-26-28-30-32-34-38(40)42-36-37(3)43-39(41)35-33-31-29-27-25-23-21-19-17-15-13-11-9-7-5-2/h19,21,37H,4-18,20,22-36H2,1-3H3/b21-19+. The average Bonchev–Trinajstić information content (AvgIpc) is 3.00. The third kappa shape index (κ3) is 35.0. The van der Waals surface area contributed by atoms with Gasteiger partial charge in [0.1, 0.15) is 12.7 Å². The Kier molecular flexibility index (Phi) is 34.1. The molecule has 0 aromatic carbocycles. The van der Waals surface area contributed by atoms with E-state index in [-0.39, 0.29) is 24.6 Å². The molecular weight excluding hydrogens is 532 g/mol. The van der Waals surface area contributed by atoms with Crippen LogP contribution < -0.4 is 0 Å². The highest BCUT2D eigenvalue weighted by atomic mass is 16.6. The second kappa shape index (κ2) is 35.2. The van der Waals surface area contributed by atoms with Crippen LogP contribution in [0.5, 0.6) is 0 Å². The van der Waals surface area contributed by atoms with Gasteiger partial charge in [-0.25, -0.2) is 0 Å². The molecule has 4 nitrogen and oxygen atoms in total. The Bertz CT molecular complexity index is 614. The molecule has 0 aliphatic rings. The van der Waals surface area contributed by atoms with Crippen molar-refractivity contribution >= 4 is 11.9 Å². The quantitative estimate of drug-likeness (QED) is 0.0415. The average molecular weight is 607 g/mol. The molecule has 0 fully saturated rings. The number of allylic oxidation sites excluding steroid dienone is 2. The molecule has 254 valence electrons. The lowest BCUT2D eigenvalue weighted by atomic mass is 10.0. The summed E-state index contributed by atoms with van der Waals surface area (Å²) in [6.07, 6.45) is 41.1. The maximum atomic E-state index is 12.1. The summed E-state index contributed by atoms with van der Waals surface area (Å²) < 4.78 is 10.8. The third-order valence-electron chi connectivity index (χ3n) is 8.44. The van der Waals surface area contributed by atoms with E-state index in [2.05, 4.69) is 26.0 Å². The second-order valence-electron chi connectivity index (χ2n) is 13.0. The molecule has 0 saturated carbocycles. The summed E-state index contributed by atoms with van der Waals surface area (Å²) in [5, 5.41) is 0. The molecule has 0 aliphatic carbocycles. The van der Waals surface area contributed by atoms with Gasteiger partial charge in [0.15, 0.2) is 0 Å². The van der Waals surface area contributed by atoms with Gasteiger partial charge in [-0.3, -0.25) is 9.59 Å². The Morgan fingerprint density at radius 1 is 0.465 bits per heavy atom. The van der Waals surface area contributed by atoms with E-state index in [1.807, 2.05) is 0 Å². The molecule has 0 saturated heterocycles. The fourth-order valence-electron chi connectivity index (χ4n) is 5.58. The van der Waals surface area contributed by atoms with Crippen molar-refractivity contribution in [3.63, 3.8) is 0 Å². The van der Waals surface area contributed by atoms with E-state index in [9.17, 15) is 9.59 Å². The van der Waals surface area contributed by atoms with E-state index in [1.54, 1.807) is 6.92 Å². The van der Waals surface area contributed by atoms with Crippen LogP contribution in [0.1, 0.15) is 213 Å². The van der Waals surface area contributed by atoms with Crippen LogP contribution in [0, 0.1) is 0 Å². The molecular formula is C39H74O4. The van der Waals surface area contributed by atoms with E-state index in [0.717, 1.165) is 25.7 Å². The van der Waals surface area contributed by atoms with E-state index >= 15 is 0 Å². The number of ether oxygens (including phenoxy) is 2. The van der Waals surface area contributed by atoms with Crippen LogP contribution in [-0.4, -0.2) is 24.6 Å². The van der Waals surface area contributed by atoms with Gasteiger partial charge in [0.05, 0.1) is 0 Å². The number of unbranched alkanes of at least 4 members (excludes halogenated alkanes) is 25. The largest absolute Gasteiger partial charge is 0.462 e. The van der Waals surface area contributed by atoms with E-state index in [1.165, 1.54) is 154 Å². The Balaban J connectivity index is 3.42. The van der Waals surface area contributed by atoms with Crippen molar-refractivity contribution in [3.8, 4) is 0 Å². The van der Waals surface area contributed by atoms with Crippen molar-refractivity contribution in [3.05, 3.63) is 12.2 Å². The first kappa shape index (κ1) is 41.7. The summed E-state index contributed by atoms with van der Waals surface area (Å²) in [4.78, 5) is 24.1. The second-order valence-corrected chi connectivity index (χ2v) is 13.0. The van der Waals surface area contributed by atoms with Crippen LogP contribution in [-0.2, 0) is 19.1 Å². The molecule has 1 atom stereocenters. The van der Waals surface area contributed by atoms with Gasteiger partial charge in [0.2, 0.25) is 0 Å². The Hall–Kier alpha value is -1.32. The zero-order valence-corrected chi connectivity index (χ0v) is 29.3. The highest BCUT2D eigenvalue weighted by Crippen LogP contribution is 2.14. The predicted molar refractivity (Wildman–Crippen MR) is 186 cm³/mol. The maximum absolute atomic E-state index is 12.1. The van der Waals surface area contributed by atoms with Crippen LogP contribution >= 0.6 is 0 Å². The Morgan fingerprint density at radius 3 is 1.19 bits per heavy atom. The van der Waals surface area contributed by atoms with Gasteiger partial charge in [0, 0.05) is 12.8 Å². The molecule has 0 N–H and O–H groups in total. The SMILES string of the molecule is CCCCCCCC/C=C/CCCCCCCC(=O)OC(C)COC(=O)CCCCCCCCCCCCCCCCC. The summed E-state index contributed by atoms with van der Waals surface area (Å²) in [5.41, 5.74) is 0. The van der Waals surface area contributed by atoms with Crippen molar-refractivity contribution in [2.45, 2.75) is 219 Å². The van der Waals surface area contributed by atoms with Gasteiger partial charge < -0.3 is 9.47 Å². The van der Waals surface area contributed by atoms with Gasteiger partial charge in [0.25, 0.3) is 0 Å². The third-order valence-corrected chi connectivity index (χ3v) is 8.44. The zero-order chi connectivity index (χ0) is 31.5. The molecule has 0 bridgehead atoms. The topological polar surface area (TPSA) is 52.6 Å². The molecule has 0 amide bonds. The number of rotatable bonds is 34. The predicted octanol–water partition coefficient (Wildman–Crippen LogP) is 12.8. The van der Waals surface area contributed by atoms with Gasteiger partial charge >= 0.3 is 11.9 Å². The lowest BCUT2D eigenvalue weighted by Gasteiger charge is -2.13. The van der Waals surface area contributed by atoms with Crippen molar-refractivity contribution in [2.24, 2.45) is 0 Å². The molecule has 0 radical (unpaired) electrons. The number of hydrogen-bond donors (Lipinski definition) is 0. The van der Waals surface area contributed by atoms with Crippen molar-refractivity contribution in [1.82, 2.24) is 0 Å². The van der Waals surface area contributed by atoms with Gasteiger partial charge in [-0.05, 0) is 45.4 Å². The first-order chi connectivity index (χ1) is 21.1. The zero-order valence-electron chi connectivity index (χ0n) is 29.3. The highest BCUT2D eigenvalue weighted by Gasteiger charge is 2.12. The normalized spacial score (nSPS) is 12.2. The van der Waals surface area contributed by atoms with Crippen molar-refractivity contribution in [1.29, 1.82) is 0 Å². The van der Waals surface area contributed by atoms with Crippen LogP contribution in [0.3, 0.4) is 0 Å². The number of carbonyl (C=O) groups excluding carboxylic acids is 2. The lowest BCUT2D eigenvalue weighted by molar-refractivity contribution is -0.158. The number of hydrogen-bond acceptors (Lipinski definition) is 4. The minimum absolute atomic E-state index is 0.162. The molecule has 1 unspecified atom stereocenters. The lowest BCUT2D eigenvalue weighted by Crippen LogP contribution is -2.22. The van der Waals surface area contributed by atoms with Gasteiger partial charge in [-0.15, -0.1) is 0 Å². The molecule has 0 aromatic heterocycles. The monoisotopic (exact) mass is 607 g/mol. The van der Waals surface area contributed by atoms with Gasteiger partial charge in [-0.2, -0.15) is 0 Å². The summed E-state index contributed by atoms with van der Waals surface area (Å²) >= 11 is 0. The summed E-state index contributed by atoms with van der Waals surface area (Å²) in [6.45, 7) is 6.51. The first-order valence-electron chi connectivity index (χ1n) is 19.1.